The molecule has 32 heavy (non-hydrogen) atoms. The molecule has 1 atom stereocenters. The number of carbonyl (C=O) groups is 1. The number of nitrogens with one attached hydrogen (secondary N) is 3. The molecule has 1 saturated carbocycles. The van der Waals surface area contributed by atoms with Crippen molar-refractivity contribution in [1.29, 1.82) is 5.26 Å². The Hall–Kier alpha value is -3.84. The molecule has 0 spiro atoms. The maximum absolute atomic E-state index is 11.8. The minimum absolute atomic E-state index is 0.135. The molecule has 1 aromatic carbocycles. The van der Waals surface area contributed by atoms with Crippen LogP contribution < -0.4 is 26.6 Å². The number of benzene rings is 1. The van der Waals surface area contributed by atoms with Crippen molar-refractivity contribution in [2.75, 3.05) is 33.9 Å². The minimum atomic E-state index is -0.139. The van der Waals surface area contributed by atoms with Crippen molar-refractivity contribution in [2.24, 2.45) is 5.73 Å². The summed E-state index contributed by atoms with van der Waals surface area (Å²) in [6.07, 6.45) is 4.67. The summed E-state index contributed by atoms with van der Waals surface area (Å²) >= 11 is 0. The van der Waals surface area contributed by atoms with Crippen molar-refractivity contribution in [3.63, 3.8) is 0 Å². The number of nitriles is 1. The number of nitrogens with zero attached hydrogens (tertiary/aromatic N) is 5. The number of nitrogens with two attached hydrogens (primary N) is 1. The van der Waals surface area contributed by atoms with E-state index >= 15 is 0 Å². The lowest BCUT2D eigenvalue weighted by molar-refractivity contribution is -0.114. The van der Waals surface area contributed by atoms with E-state index in [-0.39, 0.29) is 11.9 Å². The summed E-state index contributed by atoms with van der Waals surface area (Å²) in [5.41, 5.74) is 9.41. The zero-order valence-electron chi connectivity index (χ0n) is 17.8. The first-order chi connectivity index (χ1) is 15.5. The quantitative estimate of drug-likeness (QED) is 0.467. The van der Waals surface area contributed by atoms with Crippen molar-refractivity contribution in [1.82, 2.24) is 14.6 Å². The molecule has 0 bridgehead atoms. The molecule has 10 heteroatoms. The van der Waals surface area contributed by atoms with Gasteiger partial charge in [0.15, 0.2) is 5.65 Å². The second-order valence-corrected chi connectivity index (χ2v) is 8.38. The van der Waals surface area contributed by atoms with Gasteiger partial charge in [-0.2, -0.15) is 14.9 Å². The summed E-state index contributed by atoms with van der Waals surface area (Å²) in [4.78, 5) is 18.6. The van der Waals surface area contributed by atoms with Gasteiger partial charge in [0.2, 0.25) is 5.91 Å². The Labute approximate surface area is 185 Å². The fraction of sp³-hybridized carbons (Fsp3) is 0.364. The van der Waals surface area contributed by atoms with Gasteiger partial charge in [0.1, 0.15) is 23.3 Å². The smallest absolute Gasteiger partial charge is 0.221 e. The molecular weight excluding hydrogens is 406 g/mol. The number of anilines is 5. The average molecular weight is 432 g/mol. The standard InChI is InChI=1S/C22H25N9O/c1-13(32)26-18-8-17(4-5-19(18)30-7-6-15(24)12-30)27-20-9-21(28-16-2-3-16)31-22(29-20)14(10-23)11-25-31/h4-5,8-9,11,15-16,28H,2-3,6-7,12,24H2,1H3,(H,26,32)(H,27,29)/t15-/m1/s1. The van der Waals surface area contributed by atoms with E-state index in [1.165, 1.54) is 13.1 Å². The summed E-state index contributed by atoms with van der Waals surface area (Å²) in [6, 6.07) is 10.4. The Morgan fingerprint density at radius 1 is 1.28 bits per heavy atom. The van der Waals surface area contributed by atoms with Gasteiger partial charge in [0.25, 0.3) is 0 Å². The molecule has 164 valence electrons. The van der Waals surface area contributed by atoms with E-state index in [0.717, 1.165) is 55.2 Å². The van der Waals surface area contributed by atoms with E-state index in [1.807, 2.05) is 24.3 Å². The normalized spacial score (nSPS) is 17.9. The van der Waals surface area contributed by atoms with E-state index in [1.54, 1.807) is 4.52 Å². The second kappa shape index (κ2) is 8.01. The lowest BCUT2D eigenvalue weighted by Gasteiger charge is -2.22. The lowest BCUT2D eigenvalue weighted by Crippen LogP contribution is -2.27. The molecule has 1 amide bonds. The highest BCUT2D eigenvalue weighted by Crippen LogP contribution is 2.33. The van der Waals surface area contributed by atoms with Gasteiger partial charge >= 0.3 is 0 Å². The molecule has 3 heterocycles. The molecule has 10 nitrogen and oxygen atoms in total. The van der Waals surface area contributed by atoms with E-state index in [2.05, 4.69) is 37.0 Å². The first kappa shape index (κ1) is 20.1. The number of rotatable bonds is 6. The minimum Gasteiger partial charge on any atom is -0.368 e. The molecule has 1 aliphatic heterocycles. The molecule has 0 unspecified atom stereocenters. The van der Waals surface area contributed by atoms with Crippen molar-refractivity contribution < 1.29 is 4.79 Å². The highest BCUT2D eigenvalue weighted by atomic mass is 16.1. The summed E-state index contributed by atoms with van der Waals surface area (Å²) in [5.74, 6) is 1.23. The average Bonchev–Trinajstić information content (AvgIpc) is 3.30. The first-order valence-corrected chi connectivity index (χ1v) is 10.7. The van der Waals surface area contributed by atoms with Crippen LogP contribution >= 0.6 is 0 Å². The maximum Gasteiger partial charge on any atom is 0.221 e. The van der Waals surface area contributed by atoms with Crippen LogP contribution in [0.5, 0.6) is 0 Å². The predicted molar refractivity (Wildman–Crippen MR) is 123 cm³/mol. The van der Waals surface area contributed by atoms with Gasteiger partial charge in [-0.15, -0.1) is 0 Å². The highest BCUT2D eigenvalue weighted by Gasteiger charge is 2.24. The van der Waals surface area contributed by atoms with Crippen LogP contribution in [0, 0.1) is 11.3 Å². The van der Waals surface area contributed by atoms with Crippen molar-refractivity contribution in [3.8, 4) is 6.07 Å². The van der Waals surface area contributed by atoms with Gasteiger partial charge < -0.3 is 26.6 Å². The zero-order valence-corrected chi connectivity index (χ0v) is 17.8. The van der Waals surface area contributed by atoms with Crippen molar-refractivity contribution in [3.05, 3.63) is 36.0 Å². The van der Waals surface area contributed by atoms with Crippen LogP contribution in [0.15, 0.2) is 30.5 Å². The first-order valence-electron chi connectivity index (χ1n) is 10.7. The SMILES string of the molecule is CC(=O)Nc1cc(Nc2cc(NC3CC3)n3ncc(C#N)c3n2)ccc1N1CC[C@@H](N)C1. The fourth-order valence-corrected chi connectivity index (χ4v) is 3.98. The summed E-state index contributed by atoms with van der Waals surface area (Å²) < 4.78 is 1.66. The van der Waals surface area contributed by atoms with Crippen molar-refractivity contribution in [2.45, 2.75) is 38.3 Å². The third-order valence-electron chi connectivity index (χ3n) is 5.67. The molecule has 2 aliphatic rings. The predicted octanol–water partition coefficient (Wildman–Crippen LogP) is 2.41. The fourth-order valence-electron chi connectivity index (χ4n) is 3.98. The van der Waals surface area contributed by atoms with Crippen LogP contribution in [-0.2, 0) is 4.79 Å². The molecular formula is C22H25N9O. The van der Waals surface area contributed by atoms with E-state index in [9.17, 15) is 10.1 Å². The highest BCUT2D eigenvalue weighted by molar-refractivity contribution is 5.94. The van der Waals surface area contributed by atoms with Crippen LogP contribution in [0.1, 0.15) is 31.7 Å². The summed E-state index contributed by atoms with van der Waals surface area (Å²) in [6.45, 7) is 3.10. The van der Waals surface area contributed by atoms with Crippen LogP contribution in [0.4, 0.5) is 28.7 Å². The molecule has 2 fully saturated rings. The topological polar surface area (TPSA) is 136 Å². The van der Waals surface area contributed by atoms with E-state index in [4.69, 9.17) is 5.73 Å². The summed E-state index contributed by atoms with van der Waals surface area (Å²) in [7, 11) is 0. The molecule has 5 rings (SSSR count). The molecule has 0 radical (unpaired) electrons. The Kier molecular flexibility index (Phi) is 5.03. The van der Waals surface area contributed by atoms with Gasteiger partial charge in [-0.05, 0) is 37.5 Å². The zero-order chi connectivity index (χ0) is 22.2. The Balaban J connectivity index is 1.48. The molecule has 5 N–H and O–H groups in total. The molecule has 1 saturated heterocycles. The molecule has 3 aromatic rings. The van der Waals surface area contributed by atoms with Gasteiger partial charge in [-0.25, -0.2) is 4.98 Å². The third-order valence-corrected chi connectivity index (χ3v) is 5.67. The van der Waals surface area contributed by atoms with Crippen molar-refractivity contribution >= 4 is 40.3 Å². The Morgan fingerprint density at radius 3 is 2.81 bits per heavy atom. The third kappa shape index (κ3) is 4.02. The number of amides is 1. The van der Waals surface area contributed by atoms with Crippen LogP contribution in [-0.4, -0.2) is 45.7 Å². The number of fused-ring (bicyclic) bond motifs is 1. The van der Waals surface area contributed by atoms with Crippen LogP contribution in [0.2, 0.25) is 0 Å². The van der Waals surface area contributed by atoms with E-state index in [0.29, 0.717) is 23.1 Å². The number of aromatic nitrogens is 3. The lowest BCUT2D eigenvalue weighted by atomic mass is 10.2. The Bertz CT molecular complexity index is 1220. The van der Waals surface area contributed by atoms with Gasteiger partial charge in [-0.1, -0.05) is 0 Å². The van der Waals surface area contributed by atoms with Crippen LogP contribution in [0.3, 0.4) is 0 Å². The van der Waals surface area contributed by atoms with Gasteiger partial charge in [0.05, 0.1) is 17.6 Å². The van der Waals surface area contributed by atoms with Gasteiger partial charge in [0, 0.05) is 43.9 Å². The number of hydrogen-bond donors (Lipinski definition) is 4. The van der Waals surface area contributed by atoms with Gasteiger partial charge in [-0.3, -0.25) is 4.79 Å². The summed E-state index contributed by atoms with van der Waals surface area (Å²) in [5, 5.41) is 23.4. The monoisotopic (exact) mass is 431 g/mol. The maximum atomic E-state index is 11.8. The molecule has 2 aromatic heterocycles. The number of hydrogen-bond acceptors (Lipinski definition) is 8. The number of carbonyl (C=O) groups excluding carboxylic acids is 1. The van der Waals surface area contributed by atoms with E-state index < -0.39 is 0 Å². The second-order valence-electron chi connectivity index (χ2n) is 8.38. The Morgan fingerprint density at radius 2 is 2.12 bits per heavy atom. The van der Waals surface area contributed by atoms with Crippen LogP contribution in [0.25, 0.3) is 5.65 Å². The largest absolute Gasteiger partial charge is 0.368 e. The molecule has 1 aliphatic carbocycles.